The monoisotopic (exact) mass is 254 g/mol. The number of benzene rings is 2. The molecular formula is C17H18S. The highest BCUT2D eigenvalue weighted by Crippen LogP contribution is 2.45. The van der Waals surface area contributed by atoms with Crippen LogP contribution in [-0.4, -0.2) is 12.5 Å². The smallest absolute Gasteiger partial charge is 0.00297 e. The Morgan fingerprint density at radius 2 is 1.50 bits per heavy atom. The third-order valence-corrected chi connectivity index (χ3v) is 5.00. The Bertz CT molecular complexity index is 594. The molecule has 0 fully saturated rings. The molecule has 0 aromatic heterocycles. The summed E-state index contributed by atoms with van der Waals surface area (Å²) >= 11 is 0. The average molecular weight is 254 g/mol. The first kappa shape index (κ1) is 11.6. The molecule has 0 saturated carbocycles. The quantitative estimate of drug-likeness (QED) is 0.760. The molecule has 0 amide bonds. The van der Waals surface area contributed by atoms with Crippen molar-refractivity contribution in [2.24, 2.45) is 0 Å². The summed E-state index contributed by atoms with van der Waals surface area (Å²) in [5, 5.41) is 0. The fraction of sp³-hybridized carbons (Fsp3) is 0.176. The molecule has 2 aromatic rings. The molecule has 0 radical (unpaired) electrons. The maximum atomic E-state index is 2.36. The Balaban J connectivity index is 2.21. The van der Waals surface area contributed by atoms with Gasteiger partial charge in [-0.25, -0.2) is 10.9 Å². The second-order valence-corrected chi connectivity index (χ2v) is 7.24. The van der Waals surface area contributed by atoms with Crippen LogP contribution in [0, 0.1) is 0 Å². The molecule has 3 rings (SSSR count). The molecule has 0 spiro atoms. The maximum Gasteiger partial charge on any atom is 0.00297 e. The Morgan fingerprint density at radius 3 is 2.22 bits per heavy atom. The lowest BCUT2D eigenvalue weighted by Gasteiger charge is -2.15. The predicted molar refractivity (Wildman–Crippen MR) is 83.4 cm³/mol. The van der Waals surface area contributed by atoms with Gasteiger partial charge in [-0.15, -0.1) is 0 Å². The van der Waals surface area contributed by atoms with E-state index in [1.165, 1.54) is 22.3 Å². The van der Waals surface area contributed by atoms with Crippen molar-refractivity contribution in [3.05, 3.63) is 76.2 Å². The number of hydrogen-bond acceptors (Lipinski definition) is 0. The third kappa shape index (κ3) is 1.89. The van der Waals surface area contributed by atoms with Crippen LogP contribution in [0.4, 0.5) is 0 Å². The van der Waals surface area contributed by atoms with E-state index < -0.39 is 0 Å². The summed E-state index contributed by atoms with van der Waals surface area (Å²) in [6.45, 7) is 0. The van der Waals surface area contributed by atoms with Crippen LogP contribution in [0.1, 0.15) is 16.7 Å². The van der Waals surface area contributed by atoms with Crippen LogP contribution < -0.4 is 0 Å². The van der Waals surface area contributed by atoms with Crippen molar-refractivity contribution in [3.63, 3.8) is 0 Å². The Labute approximate surface area is 112 Å². The zero-order valence-electron chi connectivity index (χ0n) is 10.9. The van der Waals surface area contributed by atoms with Gasteiger partial charge in [0, 0.05) is 6.42 Å². The summed E-state index contributed by atoms with van der Waals surface area (Å²) in [4.78, 5) is 1.64. The van der Waals surface area contributed by atoms with Gasteiger partial charge in [-0.3, -0.25) is 0 Å². The molecule has 1 heteroatoms. The third-order valence-electron chi connectivity index (χ3n) is 3.54. The van der Waals surface area contributed by atoms with Gasteiger partial charge in [0.2, 0.25) is 0 Å². The molecule has 1 aliphatic rings. The van der Waals surface area contributed by atoms with Crippen molar-refractivity contribution in [1.29, 1.82) is 0 Å². The minimum atomic E-state index is -0.0312. The minimum absolute atomic E-state index is 0.0312. The van der Waals surface area contributed by atoms with E-state index in [0.29, 0.717) is 0 Å². The van der Waals surface area contributed by atoms with Crippen molar-refractivity contribution in [1.82, 2.24) is 0 Å². The van der Waals surface area contributed by atoms with Gasteiger partial charge < -0.3 is 0 Å². The van der Waals surface area contributed by atoms with Crippen LogP contribution in [0.2, 0.25) is 0 Å². The fourth-order valence-corrected chi connectivity index (χ4v) is 3.83. The van der Waals surface area contributed by atoms with Gasteiger partial charge in [-0.1, -0.05) is 54.6 Å². The Morgan fingerprint density at radius 1 is 0.833 bits per heavy atom. The SMILES string of the molecule is C[SH](C)C1=C(c2ccccc2)c2ccccc2C1. The molecule has 0 nitrogen and oxygen atoms in total. The van der Waals surface area contributed by atoms with E-state index in [0.717, 1.165) is 6.42 Å². The highest BCUT2D eigenvalue weighted by atomic mass is 32.2. The normalized spacial score (nSPS) is 14.7. The molecule has 0 bridgehead atoms. The van der Waals surface area contributed by atoms with Gasteiger partial charge in [-0.05, 0) is 39.7 Å². The summed E-state index contributed by atoms with van der Waals surface area (Å²) in [6.07, 6.45) is 5.86. The highest BCUT2D eigenvalue weighted by molar-refractivity contribution is 8.19. The van der Waals surface area contributed by atoms with Crippen LogP contribution in [-0.2, 0) is 6.42 Å². The topological polar surface area (TPSA) is 0 Å². The maximum absolute atomic E-state index is 2.36. The van der Waals surface area contributed by atoms with Crippen molar-refractivity contribution in [3.8, 4) is 0 Å². The van der Waals surface area contributed by atoms with Crippen LogP contribution in [0.3, 0.4) is 0 Å². The lowest BCUT2D eigenvalue weighted by Crippen LogP contribution is -1.88. The van der Waals surface area contributed by atoms with Gasteiger partial charge >= 0.3 is 0 Å². The lowest BCUT2D eigenvalue weighted by atomic mass is 9.99. The first-order valence-corrected chi connectivity index (χ1v) is 8.55. The van der Waals surface area contributed by atoms with E-state index in [2.05, 4.69) is 67.1 Å². The molecule has 0 unspecified atom stereocenters. The summed E-state index contributed by atoms with van der Waals surface area (Å²) in [5.41, 5.74) is 5.79. The standard InChI is InChI=1S/C17H18S/c1-18(2)16-12-14-10-6-7-11-15(14)17(16)13-8-4-3-5-9-13/h3-11,18H,12H2,1-2H3. The molecule has 2 aromatic carbocycles. The zero-order chi connectivity index (χ0) is 12.5. The molecule has 18 heavy (non-hydrogen) atoms. The van der Waals surface area contributed by atoms with E-state index in [-0.39, 0.29) is 10.9 Å². The van der Waals surface area contributed by atoms with Crippen molar-refractivity contribution in [2.75, 3.05) is 12.5 Å². The van der Waals surface area contributed by atoms with E-state index in [9.17, 15) is 0 Å². The number of allylic oxidation sites excluding steroid dienone is 1. The average Bonchev–Trinajstić information content (AvgIpc) is 2.79. The zero-order valence-corrected chi connectivity index (χ0v) is 11.7. The molecule has 0 heterocycles. The second-order valence-electron chi connectivity index (χ2n) is 4.92. The van der Waals surface area contributed by atoms with Crippen LogP contribution in [0.25, 0.3) is 5.57 Å². The molecule has 92 valence electrons. The van der Waals surface area contributed by atoms with Gasteiger partial charge in [-0.2, -0.15) is 0 Å². The molecule has 1 aliphatic carbocycles. The van der Waals surface area contributed by atoms with Gasteiger partial charge in [0.15, 0.2) is 0 Å². The molecule has 0 N–H and O–H groups in total. The van der Waals surface area contributed by atoms with Gasteiger partial charge in [0.25, 0.3) is 0 Å². The highest BCUT2D eigenvalue weighted by Gasteiger charge is 2.22. The van der Waals surface area contributed by atoms with E-state index in [1.807, 2.05) is 0 Å². The second kappa shape index (κ2) is 4.66. The van der Waals surface area contributed by atoms with Crippen molar-refractivity contribution < 1.29 is 0 Å². The number of thiol groups is 1. The van der Waals surface area contributed by atoms with Gasteiger partial charge in [0.05, 0.1) is 0 Å². The van der Waals surface area contributed by atoms with Crippen LogP contribution >= 0.6 is 10.9 Å². The molecule has 0 saturated heterocycles. The first-order chi connectivity index (χ1) is 8.77. The molecule has 0 aliphatic heterocycles. The Hall–Kier alpha value is -1.47. The number of fused-ring (bicyclic) bond motifs is 1. The molecule has 0 atom stereocenters. The predicted octanol–water partition coefficient (Wildman–Crippen LogP) is 4.26. The van der Waals surface area contributed by atoms with Crippen molar-refractivity contribution >= 4 is 16.5 Å². The van der Waals surface area contributed by atoms with E-state index in [1.54, 1.807) is 4.91 Å². The van der Waals surface area contributed by atoms with Crippen LogP contribution in [0.15, 0.2) is 59.5 Å². The van der Waals surface area contributed by atoms with E-state index >= 15 is 0 Å². The van der Waals surface area contributed by atoms with Gasteiger partial charge in [0.1, 0.15) is 0 Å². The van der Waals surface area contributed by atoms with Crippen molar-refractivity contribution in [2.45, 2.75) is 6.42 Å². The summed E-state index contributed by atoms with van der Waals surface area (Å²) in [7, 11) is -0.0312. The summed E-state index contributed by atoms with van der Waals surface area (Å²) in [6, 6.07) is 19.7. The lowest BCUT2D eigenvalue weighted by molar-refractivity contribution is 1.29. The summed E-state index contributed by atoms with van der Waals surface area (Å²) in [5.74, 6) is 0. The summed E-state index contributed by atoms with van der Waals surface area (Å²) < 4.78 is 0. The Kier molecular flexibility index (Phi) is 3.00. The minimum Gasteiger partial charge on any atom is -0.236 e. The number of hydrogen-bond donors (Lipinski definition) is 1. The first-order valence-electron chi connectivity index (χ1n) is 6.31. The number of rotatable bonds is 2. The largest absolute Gasteiger partial charge is 0.236 e. The molecular weight excluding hydrogens is 236 g/mol. The fourth-order valence-electron chi connectivity index (χ4n) is 2.65. The van der Waals surface area contributed by atoms with E-state index in [4.69, 9.17) is 0 Å². The van der Waals surface area contributed by atoms with Crippen LogP contribution in [0.5, 0.6) is 0 Å².